The molecule has 10 nitrogen and oxygen atoms in total. The maximum absolute atomic E-state index is 11.6. The van der Waals surface area contributed by atoms with Crippen LogP contribution in [0.1, 0.15) is 6.42 Å². The molecule has 0 amide bonds. The van der Waals surface area contributed by atoms with Gasteiger partial charge in [0.15, 0.2) is 0 Å². The maximum Gasteiger partial charge on any atom is 0.353 e. The first-order chi connectivity index (χ1) is 13.2. The summed E-state index contributed by atoms with van der Waals surface area (Å²) >= 11 is 0. The predicted molar refractivity (Wildman–Crippen MR) is 100 cm³/mol. The van der Waals surface area contributed by atoms with Gasteiger partial charge in [0.25, 0.3) is 0 Å². The minimum Gasteiger partial charge on any atom is -0.497 e. The molecule has 140 valence electrons. The highest BCUT2D eigenvalue weighted by Crippen LogP contribution is 2.31. The van der Waals surface area contributed by atoms with Gasteiger partial charge in [-0.15, -0.1) is 0 Å². The fraction of sp³-hybridized carbons (Fsp3) is 0.235. The quantitative estimate of drug-likeness (QED) is 0.336. The van der Waals surface area contributed by atoms with E-state index in [0.29, 0.717) is 18.0 Å². The number of nitro groups is 1. The number of imidazole rings is 1. The van der Waals surface area contributed by atoms with Gasteiger partial charge in [0.1, 0.15) is 12.1 Å². The molecule has 0 atom stereocenters. The largest absolute Gasteiger partial charge is 0.497 e. The molecule has 0 aliphatic heterocycles. The van der Waals surface area contributed by atoms with Gasteiger partial charge in [-0.2, -0.15) is 0 Å². The van der Waals surface area contributed by atoms with Crippen LogP contribution in [-0.2, 0) is 6.54 Å². The lowest BCUT2D eigenvalue weighted by Crippen LogP contribution is -2.10. The van der Waals surface area contributed by atoms with Crippen LogP contribution in [0.2, 0.25) is 0 Å². The number of nitrogens with zero attached hydrogens (tertiary/aromatic N) is 5. The Bertz CT molecular complexity index is 899. The fourth-order valence-electron chi connectivity index (χ4n) is 2.50. The van der Waals surface area contributed by atoms with Crippen molar-refractivity contribution in [2.45, 2.75) is 13.0 Å². The summed E-state index contributed by atoms with van der Waals surface area (Å²) in [6.07, 6.45) is 7.34. The van der Waals surface area contributed by atoms with Gasteiger partial charge in [0, 0.05) is 37.2 Å². The molecule has 1 aromatic carbocycles. The number of hydrogen-bond donors (Lipinski definition) is 2. The van der Waals surface area contributed by atoms with E-state index in [2.05, 4.69) is 25.6 Å². The maximum atomic E-state index is 11.6. The summed E-state index contributed by atoms with van der Waals surface area (Å²) < 4.78 is 7.10. The molecular formula is C17H19N7O3. The Balaban J connectivity index is 1.72. The van der Waals surface area contributed by atoms with E-state index in [1.165, 1.54) is 6.33 Å². The van der Waals surface area contributed by atoms with E-state index in [-0.39, 0.29) is 17.3 Å². The van der Waals surface area contributed by atoms with Crippen LogP contribution in [0.4, 0.5) is 23.0 Å². The summed E-state index contributed by atoms with van der Waals surface area (Å²) in [5, 5.41) is 17.6. The zero-order valence-electron chi connectivity index (χ0n) is 14.7. The number of ether oxygens (including phenoxy) is 1. The van der Waals surface area contributed by atoms with Gasteiger partial charge < -0.3 is 19.9 Å². The third-order valence-electron chi connectivity index (χ3n) is 3.78. The van der Waals surface area contributed by atoms with E-state index in [1.54, 1.807) is 43.9 Å². The Kier molecular flexibility index (Phi) is 5.77. The number of anilines is 3. The molecule has 0 spiro atoms. The molecule has 2 aromatic heterocycles. The van der Waals surface area contributed by atoms with Crippen LogP contribution in [0.25, 0.3) is 0 Å². The smallest absolute Gasteiger partial charge is 0.353 e. The summed E-state index contributed by atoms with van der Waals surface area (Å²) in [6.45, 7) is 1.27. The Hall–Kier alpha value is -3.69. The van der Waals surface area contributed by atoms with E-state index in [9.17, 15) is 10.1 Å². The minimum atomic E-state index is -0.499. The van der Waals surface area contributed by atoms with Crippen molar-refractivity contribution in [3.63, 3.8) is 0 Å². The first-order valence-corrected chi connectivity index (χ1v) is 8.27. The second-order valence-electron chi connectivity index (χ2n) is 5.61. The number of methoxy groups -OCH3 is 1. The number of nitrogens with one attached hydrogen (secondary N) is 2. The van der Waals surface area contributed by atoms with Crippen LogP contribution >= 0.6 is 0 Å². The van der Waals surface area contributed by atoms with Gasteiger partial charge >= 0.3 is 5.69 Å². The zero-order valence-corrected chi connectivity index (χ0v) is 14.7. The lowest BCUT2D eigenvalue weighted by molar-refractivity contribution is -0.383. The topological polar surface area (TPSA) is 120 Å². The molecule has 2 N–H and O–H groups in total. The Morgan fingerprint density at radius 3 is 2.89 bits per heavy atom. The van der Waals surface area contributed by atoms with Gasteiger partial charge in [-0.25, -0.2) is 15.0 Å². The Morgan fingerprint density at radius 1 is 1.30 bits per heavy atom. The van der Waals surface area contributed by atoms with Crippen LogP contribution in [0.15, 0.2) is 49.3 Å². The number of aryl methyl sites for hydroxylation is 1. The van der Waals surface area contributed by atoms with Crippen molar-refractivity contribution in [3.05, 3.63) is 59.4 Å². The molecular weight excluding hydrogens is 350 g/mol. The van der Waals surface area contributed by atoms with Gasteiger partial charge in [0.2, 0.25) is 11.6 Å². The normalized spacial score (nSPS) is 10.4. The second kappa shape index (κ2) is 8.61. The van der Waals surface area contributed by atoms with Gasteiger partial charge in [-0.3, -0.25) is 10.1 Å². The Morgan fingerprint density at radius 2 is 2.15 bits per heavy atom. The number of hydrogen-bond acceptors (Lipinski definition) is 8. The molecule has 3 rings (SSSR count). The lowest BCUT2D eigenvalue weighted by Gasteiger charge is -2.11. The molecule has 27 heavy (non-hydrogen) atoms. The molecule has 2 heterocycles. The fourth-order valence-corrected chi connectivity index (χ4v) is 2.50. The van der Waals surface area contributed by atoms with Crippen molar-refractivity contribution >= 4 is 23.0 Å². The molecule has 0 bridgehead atoms. The SMILES string of the molecule is COc1cccc(Nc2ncnc(NCCCn3ccnc3)c2[N+](=O)[O-])c1. The third kappa shape index (κ3) is 4.69. The molecule has 10 heteroatoms. The predicted octanol–water partition coefficient (Wildman–Crippen LogP) is 2.84. The highest BCUT2D eigenvalue weighted by Gasteiger charge is 2.23. The van der Waals surface area contributed by atoms with E-state index in [0.717, 1.165) is 13.0 Å². The van der Waals surface area contributed by atoms with Crippen molar-refractivity contribution < 1.29 is 9.66 Å². The van der Waals surface area contributed by atoms with Crippen LogP contribution in [0.3, 0.4) is 0 Å². The summed E-state index contributed by atoms with van der Waals surface area (Å²) in [4.78, 5) is 23.1. The molecule has 0 unspecified atom stereocenters. The Labute approximate surface area is 155 Å². The van der Waals surface area contributed by atoms with Crippen LogP contribution in [0, 0.1) is 10.1 Å². The van der Waals surface area contributed by atoms with Crippen LogP contribution in [-0.4, -0.2) is 38.1 Å². The molecule has 0 aliphatic carbocycles. The van der Waals surface area contributed by atoms with E-state index in [1.807, 2.05) is 10.8 Å². The number of rotatable bonds is 9. The standard InChI is InChI=1S/C17H19N7O3/c1-27-14-5-2-4-13(10-14)22-17-15(24(25)26)16(20-11-21-17)19-6-3-8-23-9-7-18-12-23/h2,4-5,7,9-12H,3,6,8H2,1H3,(H2,19,20,21,22). The summed E-state index contributed by atoms with van der Waals surface area (Å²) in [5.41, 5.74) is 0.421. The average molecular weight is 369 g/mol. The number of aromatic nitrogens is 4. The molecule has 3 aromatic rings. The van der Waals surface area contributed by atoms with Gasteiger partial charge in [-0.1, -0.05) is 6.07 Å². The van der Waals surface area contributed by atoms with Crippen molar-refractivity contribution in [1.82, 2.24) is 19.5 Å². The monoisotopic (exact) mass is 369 g/mol. The van der Waals surface area contributed by atoms with E-state index < -0.39 is 4.92 Å². The van der Waals surface area contributed by atoms with E-state index >= 15 is 0 Å². The summed E-state index contributed by atoms with van der Waals surface area (Å²) in [7, 11) is 1.55. The van der Waals surface area contributed by atoms with Crippen LogP contribution in [0.5, 0.6) is 5.75 Å². The second-order valence-corrected chi connectivity index (χ2v) is 5.61. The van der Waals surface area contributed by atoms with Gasteiger partial charge in [-0.05, 0) is 18.6 Å². The molecule has 0 radical (unpaired) electrons. The van der Waals surface area contributed by atoms with Crippen LogP contribution < -0.4 is 15.4 Å². The summed E-state index contributed by atoms with van der Waals surface area (Å²) in [5.74, 6) is 0.918. The third-order valence-corrected chi connectivity index (χ3v) is 3.78. The lowest BCUT2D eigenvalue weighted by atomic mass is 10.3. The first kappa shape index (κ1) is 18.1. The number of benzene rings is 1. The average Bonchev–Trinajstić information content (AvgIpc) is 3.19. The molecule has 0 aliphatic rings. The van der Waals surface area contributed by atoms with Crippen molar-refractivity contribution in [2.75, 3.05) is 24.3 Å². The van der Waals surface area contributed by atoms with Crippen molar-refractivity contribution in [3.8, 4) is 5.75 Å². The summed E-state index contributed by atoms with van der Waals surface area (Å²) in [6, 6.07) is 7.06. The zero-order chi connectivity index (χ0) is 19.1. The molecule has 0 saturated heterocycles. The van der Waals surface area contributed by atoms with Crippen molar-refractivity contribution in [1.29, 1.82) is 0 Å². The minimum absolute atomic E-state index is 0.111. The highest BCUT2D eigenvalue weighted by molar-refractivity contribution is 5.74. The van der Waals surface area contributed by atoms with Crippen molar-refractivity contribution in [2.24, 2.45) is 0 Å². The van der Waals surface area contributed by atoms with Gasteiger partial charge in [0.05, 0.1) is 18.4 Å². The first-order valence-electron chi connectivity index (χ1n) is 8.27. The van der Waals surface area contributed by atoms with E-state index in [4.69, 9.17) is 4.74 Å². The highest BCUT2D eigenvalue weighted by atomic mass is 16.6. The molecule has 0 saturated carbocycles. The molecule has 0 fully saturated rings.